The van der Waals surface area contributed by atoms with Crippen LogP contribution in [0.2, 0.25) is 0 Å². The highest BCUT2D eigenvalue weighted by atomic mass is 19.1. The fourth-order valence-corrected chi connectivity index (χ4v) is 1.85. The van der Waals surface area contributed by atoms with Crippen LogP contribution in [0.25, 0.3) is 0 Å². The van der Waals surface area contributed by atoms with E-state index in [9.17, 15) is 9.50 Å². The van der Waals surface area contributed by atoms with Crippen molar-refractivity contribution < 1.29 is 14.2 Å². The zero-order valence-corrected chi connectivity index (χ0v) is 8.90. The summed E-state index contributed by atoms with van der Waals surface area (Å²) in [5.74, 6) is 0.617. The second-order valence-corrected chi connectivity index (χ2v) is 4.33. The van der Waals surface area contributed by atoms with E-state index in [0.29, 0.717) is 23.7 Å². The summed E-state index contributed by atoms with van der Waals surface area (Å²) in [5.41, 5.74) is 0.562. The second kappa shape index (κ2) is 3.81. The van der Waals surface area contributed by atoms with Gasteiger partial charge in [0.25, 0.3) is 0 Å². The van der Waals surface area contributed by atoms with Crippen LogP contribution in [-0.2, 0) is 0 Å². The lowest BCUT2D eigenvalue weighted by atomic mass is 9.93. The van der Waals surface area contributed by atoms with Crippen molar-refractivity contribution in [1.82, 2.24) is 0 Å². The largest absolute Gasteiger partial charge is 0.490 e. The molecule has 0 fully saturated rings. The van der Waals surface area contributed by atoms with E-state index in [1.54, 1.807) is 6.07 Å². The fourth-order valence-electron chi connectivity index (χ4n) is 1.85. The molecule has 0 aliphatic carbocycles. The summed E-state index contributed by atoms with van der Waals surface area (Å²) in [5, 5.41) is 9.86. The summed E-state index contributed by atoms with van der Waals surface area (Å²) in [6, 6.07) is 4.28. The number of hydrogen-bond acceptors (Lipinski definition) is 2. The Labute approximate surface area is 88.7 Å². The monoisotopic (exact) mass is 210 g/mol. The summed E-state index contributed by atoms with van der Waals surface area (Å²) in [6.45, 7) is 4.10. The van der Waals surface area contributed by atoms with E-state index in [2.05, 4.69) is 0 Å². The molecule has 2 rings (SSSR count). The van der Waals surface area contributed by atoms with Crippen molar-refractivity contribution in [3.05, 3.63) is 29.6 Å². The lowest BCUT2D eigenvalue weighted by Crippen LogP contribution is -2.30. The molecular weight excluding hydrogens is 195 g/mol. The van der Waals surface area contributed by atoms with Crippen molar-refractivity contribution in [2.45, 2.75) is 32.5 Å². The average molecular weight is 210 g/mol. The summed E-state index contributed by atoms with van der Waals surface area (Å²) < 4.78 is 18.6. The minimum atomic E-state index is -0.614. The van der Waals surface area contributed by atoms with E-state index >= 15 is 0 Å². The standard InChI is InChI=1S/C12H15FO2/c1-7(2)12-6-10(14)9-5-8(13)3-4-11(9)15-12/h3-5,7,10,12,14H,6H2,1-2H3/t10-,12?/m1/s1. The van der Waals surface area contributed by atoms with Crippen molar-refractivity contribution in [2.75, 3.05) is 0 Å². The first kappa shape index (κ1) is 10.4. The third kappa shape index (κ3) is 1.97. The van der Waals surface area contributed by atoms with Gasteiger partial charge in [-0.05, 0) is 24.1 Å². The number of aliphatic hydroxyl groups excluding tert-OH is 1. The SMILES string of the molecule is CC(C)C1C[C@@H](O)c2cc(F)ccc2O1. The van der Waals surface area contributed by atoms with Gasteiger partial charge in [0.05, 0.1) is 6.10 Å². The topological polar surface area (TPSA) is 29.5 Å². The van der Waals surface area contributed by atoms with Gasteiger partial charge >= 0.3 is 0 Å². The normalized spacial score (nSPS) is 24.9. The summed E-state index contributed by atoms with van der Waals surface area (Å²) in [7, 11) is 0. The highest BCUT2D eigenvalue weighted by Gasteiger charge is 2.28. The Bertz CT molecular complexity index is 363. The predicted molar refractivity (Wildman–Crippen MR) is 55.2 cm³/mol. The van der Waals surface area contributed by atoms with E-state index in [1.807, 2.05) is 13.8 Å². The van der Waals surface area contributed by atoms with Gasteiger partial charge in [0.15, 0.2) is 0 Å². The maximum absolute atomic E-state index is 13.0. The van der Waals surface area contributed by atoms with Crippen LogP contribution in [0.5, 0.6) is 5.75 Å². The fraction of sp³-hybridized carbons (Fsp3) is 0.500. The van der Waals surface area contributed by atoms with E-state index in [0.717, 1.165) is 0 Å². The van der Waals surface area contributed by atoms with E-state index < -0.39 is 6.10 Å². The maximum Gasteiger partial charge on any atom is 0.125 e. The van der Waals surface area contributed by atoms with Gasteiger partial charge in [0.2, 0.25) is 0 Å². The van der Waals surface area contributed by atoms with Gasteiger partial charge in [-0.1, -0.05) is 13.8 Å². The molecule has 0 radical (unpaired) electrons. The molecule has 0 saturated carbocycles. The zero-order valence-electron chi connectivity index (χ0n) is 8.90. The first-order valence-electron chi connectivity index (χ1n) is 5.22. The molecule has 1 heterocycles. The van der Waals surface area contributed by atoms with E-state index in [-0.39, 0.29) is 11.9 Å². The van der Waals surface area contributed by atoms with Gasteiger partial charge in [-0.15, -0.1) is 0 Å². The average Bonchev–Trinajstić information content (AvgIpc) is 2.18. The Morgan fingerprint density at radius 3 is 2.87 bits per heavy atom. The molecule has 0 saturated heterocycles. The van der Waals surface area contributed by atoms with Crippen molar-refractivity contribution >= 4 is 0 Å². The number of benzene rings is 1. The predicted octanol–water partition coefficient (Wildman–Crippen LogP) is 2.67. The maximum atomic E-state index is 13.0. The molecule has 1 N–H and O–H groups in total. The summed E-state index contributed by atoms with van der Waals surface area (Å²) >= 11 is 0. The van der Waals surface area contributed by atoms with Crippen LogP contribution in [0.1, 0.15) is 31.9 Å². The van der Waals surface area contributed by atoms with Crippen LogP contribution < -0.4 is 4.74 Å². The molecule has 15 heavy (non-hydrogen) atoms. The van der Waals surface area contributed by atoms with Crippen LogP contribution in [-0.4, -0.2) is 11.2 Å². The minimum Gasteiger partial charge on any atom is -0.490 e. The van der Waals surface area contributed by atoms with Crippen LogP contribution in [0.15, 0.2) is 18.2 Å². The molecule has 2 atom stereocenters. The zero-order chi connectivity index (χ0) is 11.0. The van der Waals surface area contributed by atoms with Gasteiger partial charge in [-0.3, -0.25) is 0 Å². The molecule has 2 nitrogen and oxygen atoms in total. The van der Waals surface area contributed by atoms with Crippen molar-refractivity contribution in [1.29, 1.82) is 0 Å². The molecule has 0 bridgehead atoms. The number of fused-ring (bicyclic) bond motifs is 1. The molecule has 1 aromatic rings. The number of rotatable bonds is 1. The third-order valence-electron chi connectivity index (χ3n) is 2.81. The number of hydrogen-bond donors (Lipinski definition) is 1. The molecule has 3 heteroatoms. The Morgan fingerprint density at radius 1 is 1.47 bits per heavy atom. The van der Waals surface area contributed by atoms with Gasteiger partial charge in [-0.25, -0.2) is 4.39 Å². The van der Waals surface area contributed by atoms with Gasteiger partial charge in [0, 0.05) is 12.0 Å². The highest BCUT2D eigenvalue weighted by Crippen LogP contribution is 2.36. The molecule has 1 aromatic carbocycles. The molecule has 82 valence electrons. The Hall–Kier alpha value is -1.09. The molecule has 0 spiro atoms. The molecule has 1 aliphatic rings. The lowest BCUT2D eigenvalue weighted by molar-refractivity contribution is 0.0424. The van der Waals surface area contributed by atoms with E-state index in [4.69, 9.17) is 4.74 Å². The number of halogens is 1. The van der Waals surface area contributed by atoms with Gasteiger partial charge in [0.1, 0.15) is 17.7 Å². The quantitative estimate of drug-likeness (QED) is 0.772. The molecular formula is C12H15FO2. The van der Waals surface area contributed by atoms with Crippen molar-refractivity contribution in [3.63, 3.8) is 0 Å². The molecule has 0 amide bonds. The van der Waals surface area contributed by atoms with Gasteiger partial charge in [-0.2, -0.15) is 0 Å². The number of ether oxygens (including phenoxy) is 1. The first-order valence-corrected chi connectivity index (χ1v) is 5.22. The minimum absolute atomic E-state index is 0.0120. The van der Waals surface area contributed by atoms with Crippen LogP contribution in [0.3, 0.4) is 0 Å². The smallest absolute Gasteiger partial charge is 0.125 e. The van der Waals surface area contributed by atoms with Crippen LogP contribution in [0, 0.1) is 11.7 Å². The van der Waals surface area contributed by atoms with Crippen molar-refractivity contribution in [3.8, 4) is 5.75 Å². The summed E-state index contributed by atoms with van der Waals surface area (Å²) in [4.78, 5) is 0. The molecule has 0 aromatic heterocycles. The highest BCUT2D eigenvalue weighted by molar-refractivity contribution is 5.37. The van der Waals surface area contributed by atoms with Crippen LogP contribution >= 0.6 is 0 Å². The Kier molecular flexibility index (Phi) is 2.65. The van der Waals surface area contributed by atoms with Crippen molar-refractivity contribution in [2.24, 2.45) is 5.92 Å². The van der Waals surface area contributed by atoms with Gasteiger partial charge < -0.3 is 9.84 Å². The first-order chi connectivity index (χ1) is 7.08. The summed E-state index contributed by atoms with van der Waals surface area (Å²) in [6.07, 6.45) is -0.0662. The number of aliphatic hydroxyl groups is 1. The lowest BCUT2D eigenvalue weighted by Gasteiger charge is -2.31. The third-order valence-corrected chi connectivity index (χ3v) is 2.81. The Morgan fingerprint density at radius 2 is 2.20 bits per heavy atom. The van der Waals surface area contributed by atoms with Crippen LogP contribution in [0.4, 0.5) is 4.39 Å². The Balaban J connectivity index is 2.32. The molecule has 1 aliphatic heterocycles. The van der Waals surface area contributed by atoms with E-state index in [1.165, 1.54) is 12.1 Å². The molecule has 1 unspecified atom stereocenters. The second-order valence-electron chi connectivity index (χ2n) is 4.33.